The van der Waals surface area contributed by atoms with Crippen molar-refractivity contribution < 1.29 is 5.11 Å². The summed E-state index contributed by atoms with van der Waals surface area (Å²) in [5.74, 6) is 0. The summed E-state index contributed by atoms with van der Waals surface area (Å²) in [7, 11) is 2.04. The fourth-order valence-corrected chi connectivity index (χ4v) is 3.48. The second-order valence-corrected chi connectivity index (χ2v) is 6.13. The van der Waals surface area contributed by atoms with Gasteiger partial charge in [-0.15, -0.1) is 0 Å². The Morgan fingerprint density at radius 3 is 2.55 bits per heavy atom. The minimum Gasteiger partial charge on any atom is -0.396 e. The van der Waals surface area contributed by atoms with E-state index in [1.165, 1.54) is 36.2 Å². The van der Waals surface area contributed by atoms with Crippen LogP contribution >= 0.6 is 0 Å². The van der Waals surface area contributed by atoms with E-state index < -0.39 is 0 Å². The lowest BCUT2D eigenvalue weighted by Crippen LogP contribution is -2.40. The number of nitrogens with zero attached hydrogens (tertiary/aromatic N) is 2. The van der Waals surface area contributed by atoms with Crippen molar-refractivity contribution in [2.45, 2.75) is 58.9 Å². The Morgan fingerprint density at radius 2 is 2.05 bits per heavy atom. The highest BCUT2D eigenvalue weighted by molar-refractivity contribution is 5.26. The Bertz CT molecular complexity index is 435. The van der Waals surface area contributed by atoms with Crippen LogP contribution in [0.25, 0.3) is 0 Å². The topological polar surface area (TPSA) is 50.1 Å². The van der Waals surface area contributed by atoms with Crippen molar-refractivity contribution >= 4 is 0 Å². The van der Waals surface area contributed by atoms with Gasteiger partial charge in [0.25, 0.3) is 0 Å². The van der Waals surface area contributed by atoms with E-state index in [0.29, 0.717) is 12.0 Å². The number of aliphatic hydroxyl groups excluding tert-OH is 1. The lowest BCUT2D eigenvalue weighted by molar-refractivity contribution is 0.0859. The van der Waals surface area contributed by atoms with Crippen molar-refractivity contribution in [1.82, 2.24) is 15.1 Å². The predicted octanol–water partition coefficient (Wildman–Crippen LogP) is 2.19. The van der Waals surface area contributed by atoms with Crippen LogP contribution in [-0.2, 0) is 26.4 Å². The highest BCUT2D eigenvalue weighted by Gasteiger charge is 2.35. The average Bonchev–Trinajstić information content (AvgIpc) is 2.71. The summed E-state index contributed by atoms with van der Waals surface area (Å²) in [5, 5.41) is 17.5. The second-order valence-electron chi connectivity index (χ2n) is 6.13. The van der Waals surface area contributed by atoms with Crippen LogP contribution in [0.3, 0.4) is 0 Å². The number of rotatable bonds is 8. The van der Waals surface area contributed by atoms with E-state index in [9.17, 15) is 5.11 Å². The van der Waals surface area contributed by atoms with Gasteiger partial charge in [0.1, 0.15) is 0 Å². The van der Waals surface area contributed by atoms with E-state index in [-0.39, 0.29) is 0 Å². The molecular formula is C16H29N3O. The Morgan fingerprint density at radius 1 is 1.30 bits per heavy atom. The predicted molar refractivity (Wildman–Crippen MR) is 81.7 cm³/mol. The maximum Gasteiger partial charge on any atom is 0.0669 e. The Labute approximate surface area is 122 Å². The van der Waals surface area contributed by atoms with Gasteiger partial charge in [0.05, 0.1) is 5.69 Å². The molecular weight excluding hydrogens is 250 g/mol. The molecule has 1 fully saturated rings. The molecule has 20 heavy (non-hydrogen) atoms. The van der Waals surface area contributed by atoms with Crippen molar-refractivity contribution in [3.63, 3.8) is 0 Å². The van der Waals surface area contributed by atoms with Crippen LogP contribution in [0.2, 0.25) is 0 Å². The molecule has 0 aromatic carbocycles. The van der Waals surface area contributed by atoms with Gasteiger partial charge >= 0.3 is 0 Å². The summed E-state index contributed by atoms with van der Waals surface area (Å²) in [6.45, 7) is 6.61. The van der Waals surface area contributed by atoms with Crippen molar-refractivity contribution in [2.75, 3.05) is 13.2 Å². The zero-order valence-electron chi connectivity index (χ0n) is 13.2. The molecule has 2 N–H and O–H groups in total. The lowest BCUT2D eigenvalue weighted by Gasteiger charge is -2.42. The minimum atomic E-state index is 0.314. The normalized spacial score (nSPS) is 17.2. The summed E-state index contributed by atoms with van der Waals surface area (Å²) >= 11 is 0. The molecule has 0 amide bonds. The smallest absolute Gasteiger partial charge is 0.0669 e. The molecule has 0 saturated heterocycles. The molecule has 0 radical (unpaired) electrons. The first-order valence-electron chi connectivity index (χ1n) is 8.01. The van der Waals surface area contributed by atoms with E-state index >= 15 is 0 Å². The molecule has 0 atom stereocenters. The Kier molecular flexibility index (Phi) is 5.22. The fourth-order valence-electron chi connectivity index (χ4n) is 3.48. The van der Waals surface area contributed by atoms with Gasteiger partial charge < -0.3 is 10.4 Å². The summed E-state index contributed by atoms with van der Waals surface area (Å²) in [6, 6.07) is 0. The van der Waals surface area contributed by atoms with Gasteiger partial charge in [-0.1, -0.05) is 20.3 Å². The molecule has 4 nitrogen and oxygen atoms in total. The second kappa shape index (κ2) is 6.72. The van der Waals surface area contributed by atoms with E-state index in [1.807, 2.05) is 11.7 Å². The molecule has 2 rings (SSSR count). The molecule has 1 aromatic rings. The molecule has 1 heterocycles. The SMILES string of the molecule is CCc1nn(C)c(CC)c1CNCC1(CCO)CCC1. The number of nitrogens with one attached hydrogen (secondary N) is 1. The van der Waals surface area contributed by atoms with E-state index in [2.05, 4.69) is 24.3 Å². The first kappa shape index (κ1) is 15.5. The highest BCUT2D eigenvalue weighted by atomic mass is 16.3. The summed E-state index contributed by atoms with van der Waals surface area (Å²) in [4.78, 5) is 0. The first-order chi connectivity index (χ1) is 9.65. The summed E-state index contributed by atoms with van der Waals surface area (Å²) in [6.07, 6.45) is 6.79. The lowest BCUT2D eigenvalue weighted by atomic mass is 9.67. The summed E-state index contributed by atoms with van der Waals surface area (Å²) < 4.78 is 2.03. The number of aromatic nitrogens is 2. The molecule has 1 aromatic heterocycles. The molecule has 4 heteroatoms. The molecule has 0 aliphatic heterocycles. The molecule has 1 aliphatic rings. The van der Waals surface area contributed by atoms with Crippen LogP contribution in [-0.4, -0.2) is 28.0 Å². The van der Waals surface area contributed by atoms with Gasteiger partial charge in [0.15, 0.2) is 0 Å². The molecule has 1 saturated carbocycles. The Balaban J connectivity index is 1.96. The van der Waals surface area contributed by atoms with E-state index in [1.54, 1.807) is 0 Å². The van der Waals surface area contributed by atoms with E-state index in [0.717, 1.165) is 32.4 Å². The van der Waals surface area contributed by atoms with Crippen molar-refractivity contribution in [1.29, 1.82) is 0 Å². The van der Waals surface area contributed by atoms with Crippen LogP contribution in [0, 0.1) is 5.41 Å². The zero-order chi connectivity index (χ0) is 14.6. The van der Waals surface area contributed by atoms with Crippen molar-refractivity contribution in [2.24, 2.45) is 12.5 Å². The van der Waals surface area contributed by atoms with Crippen LogP contribution in [0.1, 0.15) is 56.5 Å². The molecule has 0 spiro atoms. The van der Waals surface area contributed by atoms with Gasteiger partial charge in [0.2, 0.25) is 0 Å². The average molecular weight is 279 g/mol. The maximum atomic E-state index is 9.21. The highest BCUT2D eigenvalue weighted by Crippen LogP contribution is 2.43. The standard InChI is InChI=1S/C16H29N3O/c1-4-14-13(15(5-2)19(3)18-14)11-17-12-16(9-10-20)7-6-8-16/h17,20H,4-12H2,1-3H3. The van der Waals surface area contributed by atoms with E-state index in [4.69, 9.17) is 0 Å². The van der Waals surface area contributed by atoms with Gasteiger partial charge in [-0.3, -0.25) is 4.68 Å². The third kappa shape index (κ3) is 3.07. The summed E-state index contributed by atoms with van der Waals surface area (Å²) in [5.41, 5.74) is 4.31. The number of hydrogen-bond acceptors (Lipinski definition) is 3. The zero-order valence-corrected chi connectivity index (χ0v) is 13.2. The van der Waals surface area contributed by atoms with Crippen LogP contribution in [0.15, 0.2) is 0 Å². The number of aliphatic hydroxyl groups is 1. The maximum absolute atomic E-state index is 9.21. The van der Waals surface area contributed by atoms with Gasteiger partial charge in [0, 0.05) is 38.0 Å². The number of aryl methyl sites for hydroxylation is 2. The van der Waals surface area contributed by atoms with Crippen molar-refractivity contribution in [3.05, 3.63) is 17.0 Å². The minimum absolute atomic E-state index is 0.314. The van der Waals surface area contributed by atoms with Gasteiger partial charge in [-0.05, 0) is 37.5 Å². The largest absolute Gasteiger partial charge is 0.396 e. The molecule has 0 unspecified atom stereocenters. The molecule has 114 valence electrons. The Hall–Kier alpha value is -0.870. The quantitative estimate of drug-likeness (QED) is 0.767. The monoisotopic (exact) mass is 279 g/mol. The molecule has 1 aliphatic carbocycles. The third-order valence-corrected chi connectivity index (χ3v) is 4.89. The van der Waals surface area contributed by atoms with Crippen LogP contribution in [0.4, 0.5) is 0 Å². The van der Waals surface area contributed by atoms with Crippen LogP contribution < -0.4 is 5.32 Å². The third-order valence-electron chi connectivity index (χ3n) is 4.89. The fraction of sp³-hybridized carbons (Fsp3) is 0.812. The van der Waals surface area contributed by atoms with Crippen molar-refractivity contribution in [3.8, 4) is 0 Å². The number of hydrogen-bond donors (Lipinski definition) is 2. The van der Waals surface area contributed by atoms with Gasteiger partial charge in [-0.2, -0.15) is 5.10 Å². The van der Waals surface area contributed by atoms with Crippen LogP contribution in [0.5, 0.6) is 0 Å². The molecule has 0 bridgehead atoms. The first-order valence-corrected chi connectivity index (χ1v) is 8.01. The van der Waals surface area contributed by atoms with Gasteiger partial charge in [-0.25, -0.2) is 0 Å².